The van der Waals surface area contributed by atoms with E-state index in [9.17, 15) is 18.0 Å². The number of benzene rings is 2. The summed E-state index contributed by atoms with van der Waals surface area (Å²) in [6.07, 6.45) is 1.40. The van der Waals surface area contributed by atoms with Gasteiger partial charge in [0.15, 0.2) is 11.6 Å². The molecule has 138 valence electrons. The Morgan fingerprint density at radius 2 is 1.77 bits per heavy atom. The van der Waals surface area contributed by atoms with Crippen LogP contribution in [-0.4, -0.2) is 29.9 Å². The molecule has 2 aromatic carbocycles. The Labute approximate surface area is 154 Å². The van der Waals surface area contributed by atoms with E-state index in [1.807, 2.05) is 0 Å². The predicted octanol–water partition coefficient (Wildman–Crippen LogP) is 4.15. The second-order valence-electron chi connectivity index (χ2n) is 6.40. The summed E-state index contributed by atoms with van der Waals surface area (Å²) in [4.78, 5) is 14.3. The molecule has 26 heavy (non-hydrogen) atoms. The van der Waals surface area contributed by atoms with Gasteiger partial charge in [-0.2, -0.15) is 0 Å². The van der Waals surface area contributed by atoms with Crippen LogP contribution in [-0.2, 0) is 6.54 Å². The summed E-state index contributed by atoms with van der Waals surface area (Å²) >= 11 is 5.69. The number of hydrogen-bond donors (Lipinski definition) is 1. The van der Waals surface area contributed by atoms with Gasteiger partial charge in [-0.3, -0.25) is 9.69 Å². The minimum Gasteiger partial charge on any atom is -0.349 e. The fourth-order valence-corrected chi connectivity index (χ4v) is 3.23. The lowest BCUT2D eigenvalue weighted by Gasteiger charge is -2.32. The number of piperidine rings is 1. The summed E-state index contributed by atoms with van der Waals surface area (Å²) in [5.41, 5.74) is 0.674. The van der Waals surface area contributed by atoms with Crippen LogP contribution in [0.1, 0.15) is 28.8 Å². The van der Waals surface area contributed by atoms with E-state index >= 15 is 0 Å². The zero-order chi connectivity index (χ0) is 18.7. The highest BCUT2D eigenvalue weighted by Crippen LogP contribution is 2.18. The second kappa shape index (κ2) is 8.10. The number of nitrogens with zero attached hydrogens (tertiary/aromatic N) is 1. The van der Waals surface area contributed by atoms with Gasteiger partial charge in [0.05, 0.1) is 5.56 Å². The summed E-state index contributed by atoms with van der Waals surface area (Å²) in [5.74, 6) is -2.82. The highest BCUT2D eigenvalue weighted by molar-refractivity contribution is 6.30. The monoisotopic (exact) mass is 382 g/mol. The first-order valence-corrected chi connectivity index (χ1v) is 8.72. The van der Waals surface area contributed by atoms with Gasteiger partial charge >= 0.3 is 0 Å². The molecule has 1 aliphatic rings. The van der Waals surface area contributed by atoms with Crippen molar-refractivity contribution >= 4 is 17.5 Å². The molecule has 0 aliphatic carbocycles. The lowest BCUT2D eigenvalue weighted by molar-refractivity contribution is 0.0905. The molecule has 1 amide bonds. The van der Waals surface area contributed by atoms with Crippen LogP contribution in [0.2, 0.25) is 5.02 Å². The normalized spacial score (nSPS) is 15.8. The first-order valence-electron chi connectivity index (χ1n) is 8.34. The molecule has 0 atom stereocenters. The van der Waals surface area contributed by atoms with E-state index in [0.29, 0.717) is 38.0 Å². The van der Waals surface area contributed by atoms with Gasteiger partial charge in [0.25, 0.3) is 5.91 Å². The molecule has 1 aliphatic heterocycles. The van der Waals surface area contributed by atoms with Crippen molar-refractivity contribution in [2.75, 3.05) is 13.1 Å². The molecule has 7 heteroatoms. The number of carbonyl (C=O) groups is 1. The molecule has 3 rings (SSSR count). The maximum Gasteiger partial charge on any atom is 0.254 e. The van der Waals surface area contributed by atoms with Crippen molar-refractivity contribution in [3.8, 4) is 0 Å². The smallest absolute Gasteiger partial charge is 0.254 e. The van der Waals surface area contributed by atoms with Crippen LogP contribution in [0, 0.1) is 17.5 Å². The van der Waals surface area contributed by atoms with E-state index in [1.54, 1.807) is 6.07 Å². The lowest BCUT2D eigenvalue weighted by Crippen LogP contribution is -2.44. The van der Waals surface area contributed by atoms with Gasteiger partial charge in [-0.25, -0.2) is 13.2 Å². The van der Waals surface area contributed by atoms with E-state index in [1.165, 1.54) is 18.2 Å². The Kier molecular flexibility index (Phi) is 5.84. The van der Waals surface area contributed by atoms with Crippen LogP contribution < -0.4 is 5.32 Å². The number of carbonyl (C=O) groups excluding carboxylic acids is 1. The molecular weight excluding hydrogens is 365 g/mol. The van der Waals surface area contributed by atoms with Crippen molar-refractivity contribution in [2.24, 2.45) is 0 Å². The van der Waals surface area contributed by atoms with Crippen LogP contribution in [0.25, 0.3) is 0 Å². The number of hydrogen-bond acceptors (Lipinski definition) is 2. The van der Waals surface area contributed by atoms with Crippen LogP contribution in [0.4, 0.5) is 13.2 Å². The van der Waals surface area contributed by atoms with Crippen molar-refractivity contribution in [2.45, 2.75) is 25.4 Å². The van der Waals surface area contributed by atoms with Crippen molar-refractivity contribution in [1.29, 1.82) is 0 Å². The van der Waals surface area contributed by atoms with Crippen LogP contribution in [0.5, 0.6) is 0 Å². The first-order chi connectivity index (χ1) is 12.4. The number of likely N-dealkylation sites (tertiary alicyclic amines) is 1. The van der Waals surface area contributed by atoms with E-state index in [-0.39, 0.29) is 16.6 Å². The molecular formula is C19H18ClF3N2O. The quantitative estimate of drug-likeness (QED) is 0.861. The average Bonchev–Trinajstić information content (AvgIpc) is 2.60. The summed E-state index contributed by atoms with van der Waals surface area (Å²) in [6, 6.07) is 7.79. The zero-order valence-corrected chi connectivity index (χ0v) is 14.7. The van der Waals surface area contributed by atoms with E-state index in [2.05, 4.69) is 10.2 Å². The molecule has 0 spiro atoms. The van der Waals surface area contributed by atoms with Gasteiger partial charge < -0.3 is 5.32 Å². The van der Waals surface area contributed by atoms with Gasteiger partial charge in [-0.1, -0.05) is 17.7 Å². The maximum absolute atomic E-state index is 13.8. The van der Waals surface area contributed by atoms with E-state index < -0.39 is 23.4 Å². The number of amides is 1. The molecule has 3 nitrogen and oxygen atoms in total. The molecule has 0 saturated carbocycles. The molecule has 1 heterocycles. The Morgan fingerprint density at radius 3 is 2.42 bits per heavy atom. The maximum atomic E-state index is 13.8. The van der Waals surface area contributed by atoms with Crippen LogP contribution in [0.3, 0.4) is 0 Å². The Hall–Kier alpha value is -2.05. The van der Waals surface area contributed by atoms with Gasteiger partial charge in [0, 0.05) is 30.7 Å². The molecule has 0 unspecified atom stereocenters. The van der Waals surface area contributed by atoms with Crippen molar-refractivity contribution < 1.29 is 18.0 Å². The minimum absolute atomic E-state index is 0.0291. The average molecular weight is 383 g/mol. The summed E-state index contributed by atoms with van der Waals surface area (Å²) in [5, 5.41) is 3.08. The van der Waals surface area contributed by atoms with Gasteiger partial charge in [0.1, 0.15) is 5.82 Å². The van der Waals surface area contributed by atoms with Crippen molar-refractivity contribution in [3.63, 3.8) is 0 Å². The lowest BCUT2D eigenvalue weighted by atomic mass is 10.0. The van der Waals surface area contributed by atoms with Crippen LogP contribution in [0.15, 0.2) is 36.4 Å². The van der Waals surface area contributed by atoms with Crippen LogP contribution >= 0.6 is 11.6 Å². The third kappa shape index (κ3) is 4.56. The Balaban J connectivity index is 1.51. The number of halogens is 4. The number of nitrogens with one attached hydrogen (secondary N) is 1. The molecule has 0 aromatic heterocycles. The summed E-state index contributed by atoms with van der Waals surface area (Å²) < 4.78 is 40.1. The molecule has 1 saturated heterocycles. The fourth-order valence-electron chi connectivity index (χ4n) is 3.07. The molecule has 1 N–H and O–H groups in total. The van der Waals surface area contributed by atoms with E-state index in [4.69, 9.17) is 11.6 Å². The fraction of sp³-hybridized carbons (Fsp3) is 0.316. The van der Waals surface area contributed by atoms with Gasteiger partial charge in [-0.05, 0) is 48.7 Å². The third-order valence-corrected chi connectivity index (χ3v) is 4.72. The minimum atomic E-state index is -0.857. The summed E-state index contributed by atoms with van der Waals surface area (Å²) in [7, 11) is 0. The second-order valence-corrected chi connectivity index (χ2v) is 6.83. The first kappa shape index (κ1) is 18.7. The van der Waals surface area contributed by atoms with Gasteiger partial charge in [0.2, 0.25) is 0 Å². The SMILES string of the molecule is O=C(NC1CCN(Cc2ccc(F)c(F)c2)CC1)c1ccc(Cl)cc1F. The van der Waals surface area contributed by atoms with Crippen molar-refractivity contribution in [3.05, 3.63) is 70.0 Å². The molecule has 0 bridgehead atoms. The highest BCUT2D eigenvalue weighted by Gasteiger charge is 2.22. The summed E-state index contributed by atoms with van der Waals surface area (Å²) in [6.45, 7) is 1.92. The number of rotatable bonds is 4. The largest absolute Gasteiger partial charge is 0.349 e. The van der Waals surface area contributed by atoms with E-state index in [0.717, 1.165) is 12.1 Å². The Bertz CT molecular complexity index is 807. The zero-order valence-electron chi connectivity index (χ0n) is 13.9. The van der Waals surface area contributed by atoms with Crippen molar-refractivity contribution in [1.82, 2.24) is 10.2 Å². The standard InChI is InChI=1S/C19H18ClF3N2O/c20-13-2-3-15(17(22)10-13)19(26)24-14-5-7-25(8-6-14)11-12-1-4-16(21)18(23)9-12/h1-4,9-10,14H,5-8,11H2,(H,24,26). The molecule has 0 radical (unpaired) electrons. The third-order valence-electron chi connectivity index (χ3n) is 4.49. The predicted molar refractivity (Wildman–Crippen MR) is 93.5 cm³/mol. The molecule has 1 fully saturated rings. The topological polar surface area (TPSA) is 32.3 Å². The molecule has 2 aromatic rings. The Morgan fingerprint density at radius 1 is 1.04 bits per heavy atom. The highest BCUT2D eigenvalue weighted by atomic mass is 35.5. The van der Waals surface area contributed by atoms with Gasteiger partial charge in [-0.15, -0.1) is 0 Å².